The summed E-state index contributed by atoms with van der Waals surface area (Å²) in [4.78, 5) is 11.8. The van der Waals surface area contributed by atoms with Gasteiger partial charge >= 0.3 is 0 Å². The van der Waals surface area contributed by atoms with Crippen LogP contribution in [0.5, 0.6) is 23.0 Å². The average molecular weight is 354 g/mol. The quantitative estimate of drug-likeness (QED) is 0.273. The summed E-state index contributed by atoms with van der Waals surface area (Å²) in [6.07, 6.45) is 6.59. The van der Waals surface area contributed by atoms with Crippen LogP contribution in [0.2, 0.25) is 0 Å². The fourth-order valence-electron chi connectivity index (χ4n) is 2.04. The van der Waals surface area contributed by atoms with E-state index in [0.717, 1.165) is 6.08 Å². The highest BCUT2D eigenvalue weighted by atomic mass is 16.5. The number of benzene rings is 2. The lowest BCUT2D eigenvalue weighted by atomic mass is 10.1. The highest BCUT2D eigenvalue weighted by Gasteiger charge is 2.01. The molecule has 0 unspecified atom stereocenters. The van der Waals surface area contributed by atoms with Crippen LogP contribution in [0.25, 0.3) is 12.2 Å². The van der Waals surface area contributed by atoms with Gasteiger partial charge in [-0.15, -0.1) is 0 Å². The Bertz CT molecular complexity index is 893. The first-order chi connectivity index (χ1) is 12.4. The number of phenols is 3. The van der Waals surface area contributed by atoms with Crippen molar-refractivity contribution in [1.29, 1.82) is 0 Å². The van der Waals surface area contributed by atoms with Gasteiger partial charge in [0.05, 0.1) is 7.11 Å². The van der Waals surface area contributed by atoms with E-state index in [-0.39, 0.29) is 28.8 Å². The summed E-state index contributed by atoms with van der Waals surface area (Å²) in [5.41, 5.74) is 1.19. The summed E-state index contributed by atoms with van der Waals surface area (Å²) < 4.78 is 4.98. The van der Waals surface area contributed by atoms with Crippen LogP contribution in [0, 0.1) is 0 Å². The molecule has 0 aromatic heterocycles. The van der Waals surface area contributed by atoms with Crippen LogP contribution < -0.4 is 4.74 Å². The maximum absolute atomic E-state index is 11.8. The van der Waals surface area contributed by atoms with Crippen molar-refractivity contribution in [1.82, 2.24) is 0 Å². The minimum atomic E-state index is -0.437. The molecule has 2 aromatic rings. The molecule has 0 aliphatic carbocycles. The number of aliphatic hydroxyl groups is 1. The zero-order valence-electron chi connectivity index (χ0n) is 14.0. The molecule has 0 fully saturated rings. The minimum absolute atomic E-state index is 0.000999. The first-order valence-electron chi connectivity index (χ1n) is 7.59. The SMILES string of the molecule is COc1cc(/C=C/C(=O)C=C(O)/C=C/c2ccc(O)c(O)c2)ccc1O. The van der Waals surface area contributed by atoms with Crippen LogP contribution in [-0.4, -0.2) is 33.3 Å². The van der Waals surface area contributed by atoms with Gasteiger partial charge in [-0.2, -0.15) is 0 Å². The monoisotopic (exact) mass is 354 g/mol. The Kier molecular flexibility index (Phi) is 6.06. The zero-order chi connectivity index (χ0) is 19.1. The van der Waals surface area contributed by atoms with Gasteiger partial charge in [-0.3, -0.25) is 4.79 Å². The van der Waals surface area contributed by atoms with Crippen LogP contribution in [0.1, 0.15) is 11.1 Å². The molecule has 0 radical (unpaired) electrons. The van der Waals surface area contributed by atoms with Gasteiger partial charge in [0.25, 0.3) is 0 Å². The third kappa shape index (κ3) is 5.17. The van der Waals surface area contributed by atoms with Crippen LogP contribution in [0.3, 0.4) is 0 Å². The van der Waals surface area contributed by atoms with Crippen molar-refractivity contribution in [2.45, 2.75) is 0 Å². The van der Waals surface area contributed by atoms with E-state index in [1.54, 1.807) is 18.2 Å². The van der Waals surface area contributed by atoms with E-state index >= 15 is 0 Å². The van der Waals surface area contributed by atoms with Gasteiger partial charge in [0.15, 0.2) is 28.8 Å². The molecule has 6 heteroatoms. The van der Waals surface area contributed by atoms with Gasteiger partial charge in [0.1, 0.15) is 5.76 Å². The van der Waals surface area contributed by atoms with E-state index in [2.05, 4.69) is 0 Å². The van der Waals surface area contributed by atoms with Crippen LogP contribution in [0.15, 0.2) is 60.4 Å². The number of allylic oxidation sites excluding steroid dienone is 3. The Morgan fingerprint density at radius 2 is 1.50 bits per heavy atom. The lowest BCUT2D eigenvalue weighted by Crippen LogP contribution is -1.89. The Balaban J connectivity index is 2.04. The number of ketones is 1. The molecule has 0 amide bonds. The Morgan fingerprint density at radius 3 is 2.15 bits per heavy atom. The fraction of sp³-hybridized carbons (Fsp3) is 0.0500. The van der Waals surface area contributed by atoms with Gasteiger partial charge in [-0.05, 0) is 47.5 Å². The van der Waals surface area contributed by atoms with E-state index in [1.165, 1.54) is 49.6 Å². The number of hydrogen-bond donors (Lipinski definition) is 4. The van der Waals surface area contributed by atoms with Crippen molar-refractivity contribution >= 4 is 17.9 Å². The molecular weight excluding hydrogens is 336 g/mol. The lowest BCUT2D eigenvalue weighted by molar-refractivity contribution is -0.110. The van der Waals surface area contributed by atoms with Gasteiger partial charge < -0.3 is 25.2 Å². The Morgan fingerprint density at radius 1 is 0.885 bits per heavy atom. The molecule has 0 bridgehead atoms. The summed E-state index contributed by atoms with van der Waals surface area (Å²) in [5, 5.41) is 37.9. The Labute approximate surface area is 150 Å². The zero-order valence-corrected chi connectivity index (χ0v) is 14.0. The third-order valence-electron chi connectivity index (χ3n) is 3.38. The van der Waals surface area contributed by atoms with E-state index in [4.69, 9.17) is 4.74 Å². The molecule has 2 aromatic carbocycles. The molecule has 6 nitrogen and oxygen atoms in total. The molecule has 0 aliphatic rings. The molecule has 0 saturated carbocycles. The molecule has 0 heterocycles. The largest absolute Gasteiger partial charge is 0.508 e. The molecule has 0 aliphatic heterocycles. The maximum Gasteiger partial charge on any atom is 0.182 e. The Hall–Kier alpha value is -3.67. The predicted molar refractivity (Wildman–Crippen MR) is 98.2 cm³/mol. The highest BCUT2D eigenvalue weighted by Crippen LogP contribution is 2.27. The number of aliphatic hydroxyl groups excluding tert-OH is 1. The lowest BCUT2D eigenvalue weighted by Gasteiger charge is -2.03. The number of carbonyl (C=O) groups is 1. The summed E-state index contributed by atoms with van der Waals surface area (Å²) in [6, 6.07) is 8.81. The molecule has 26 heavy (non-hydrogen) atoms. The first kappa shape index (κ1) is 18.7. The van der Waals surface area contributed by atoms with Gasteiger partial charge in [-0.1, -0.05) is 24.3 Å². The number of hydrogen-bond acceptors (Lipinski definition) is 6. The van der Waals surface area contributed by atoms with Crippen LogP contribution in [0.4, 0.5) is 0 Å². The number of carbonyl (C=O) groups excluding carboxylic acids is 1. The van der Waals surface area contributed by atoms with Crippen molar-refractivity contribution in [2.75, 3.05) is 7.11 Å². The number of aromatic hydroxyl groups is 3. The van der Waals surface area contributed by atoms with Crippen molar-refractivity contribution in [3.8, 4) is 23.0 Å². The number of phenolic OH excluding ortho intramolecular Hbond substituents is 3. The van der Waals surface area contributed by atoms with E-state index in [0.29, 0.717) is 11.1 Å². The summed E-state index contributed by atoms with van der Waals surface area (Å²) in [7, 11) is 1.43. The van der Waals surface area contributed by atoms with E-state index < -0.39 is 5.78 Å². The second-order valence-corrected chi connectivity index (χ2v) is 5.32. The van der Waals surface area contributed by atoms with Gasteiger partial charge in [0, 0.05) is 6.08 Å². The van der Waals surface area contributed by atoms with E-state index in [1.807, 2.05) is 0 Å². The normalized spacial score (nSPS) is 12.0. The number of rotatable bonds is 6. The third-order valence-corrected chi connectivity index (χ3v) is 3.38. The molecule has 0 atom stereocenters. The molecule has 0 spiro atoms. The molecule has 0 saturated heterocycles. The smallest absolute Gasteiger partial charge is 0.182 e. The van der Waals surface area contributed by atoms with Crippen molar-refractivity contribution in [2.24, 2.45) is 0 Å². The summed E-state index contributed by atoms with van der Waals surface area (Å²) >= 11 is 0. The van der Waals surface area contributed by atoms with Crippen molar-refractivity contribution < 1.29 is 30.0 Å². The first-order valence-corrected chi connectivity index (χ1v) is 7.59. The number of methoxy groups -OCH3 is 1. The summed E-state index contributed by atoms with van der Waals surface area (Å²) in [5.74, 6) is -0.938. The van der Waals surface area contributed by atoms with Crippen molar-refractivity contribution in [3.05, 3.63) is 71.5 Å². The fourth-order valence-corrected chi connectivity index (χ4v) is 2.04. The molecular formula is C20H18O6. The van der Waals surface area contributed by atoms with E-state index in [9.17, 15) is 25.2 Å². The molecule has 4 N–H and O–H groups in total. The average Bonchev–Trinajstić information content (AvgIpc) is 2.62. The maximum atomic E-state index is 11.8. The van der Waals surface area contributed by atoms with Crippen LogP contribution >= 0.6 is 0 Å². The summed E-state index contributed by atoms with van der Waals surface area (Å²) in [6.45, 7) is 0. The van der Waals surface area contributed by atoms with Gasteiger partial charge in [0.2, 0.25) is 0 Å². The minimum Gasteiger partial charge on any atom is -0.508 e. The topological polar surface area (TPSA) is 107 Å². The van der Waals surface area contributed by atoms with Gasteiger partial charge in [-0.25, -0.2) is 0 Å². The molecule has 2 rings (SSSR count). The second-order valence-electron chi connectivity index (χ2n) is 5.32. The van der Waals surface area contributed by atoms with Crippen molar-refractivity contribution in [3.63, 3.8) is 0 Å². The highest BCUT2D eigenvalue weighted by molar-refractivity contribution is 6.02. The van der Waals surface area contributed by atoms with Crippen LogP contribution in [-0.2, 0) is 4.79 Å². The predicted octanol–water partition coefficient (Wildman–Crippen LogP) is 3.55. The standard InChI is InChI=1S/C20H18O6/c1-26-20-11-14(5-9-18(20)24)3-7-16(22)12-15(21)6-2-13-4-8-17(23)19(25)10-13/h2-12,21,23-25H,1H3/b6-2+,7-3+,15-12?. The number of ether oxygens (including phenoxy) is 1. The molecule has 134 valence electrons. The second kappa shape index (κ2) is 8.43.